The van der Waals surface area contributed by atoms with Gasteiger partial charge < -0.3 is 4.98 Å². The molecule has 2 atom stereocenters. The molecule has 2 unspecified atom stereocenters. The van der Waals surface area contributed by atoms with Crippen molar-refractivity contribution in [3.63, 3.8) is 0 Å². The highest BCUT2D eigenvalue weighted by atomic mass is 35.5. The molecule has 7 heteroatoms. The van der Waals surface area contributed by atoms with Gasteiger partial charge in [0, 0.05) is 0 Å². The van der Waals surface area contributed by atoms with Gasteiger partial charge in [-0.2, -0.15) is 10.2 Å². The van der Waals surface area contributed by atoms with Crippen molar-refractivity contribution in [2.75, 3.05) is 0 Å². The Bertz CT molecular complexity index is 909. The Morgan fingerprint density at radius 3 is 2.78 bits per heavy atom. The average Bonchev–Trinajstić information content (AvgIpc) is 2.81. The molecule has 4 saturated carbocycles. The van der Waals surface area contributed by atoms with Crippen LogP contribution in [0.2, 0.25) is 5.28 Å². The average molecular weight is 330 g/mol. The van der Waals surface area contributed by atoms with Crippen molar-refractivity contribution >= 4 is 22.8 Å². The lowest BCUT2D eigenvalue weighted by molar-refractivity contribution is -0.0743. The van der Waals surface area contributed by atoms with Crippen LogP contribution in [0.5, 0.6) is 0 Å². The van der Waals surface area contributed by atoms with Crippen LogP contribution in [-0.2, 0) is 5.54 Å². The lowest BCUT2D eigenvalue weighted by atomic mass is 9.47. The van der Waals surface area contributed by atoms with E-state index in [0.29, 0.717) is 23.0 Å². The van der Waals surface area contributed by atoms with E-state index >= 15 is 0 Å². The predicted octanol–water partition coefficient (Wildman–Crippen LogP) is 2.59. The van der Waals surface area contributed by atoms with Crippen LogP contribution in [0.3, 0.4) is 0 Å². The highest BCUT2D eigenvalue weighted by Crippen LogP contribution is 2.63. The molecule has 4 fully saturated rings. The van der Waals surface area contributed by atoms with Crippen molar-refractivity contribution in [3.8, 4) is 6.07 Å². The topological polar surface area (TPSA) is 87.4 Å². The summed E-state index contributed by atoms with van der Waals surface area (Å²) in [5.74, 6) is 1.06. The van der Waals surface area contributed by atoms with Crippen LogP contribution in [0, 0.1) is 28.6 Å². The smallest absolute Gasteiger partial charge is 0.303 e. The number of H-pyrrole nitrogens is 1. The highest BCUT2D eigenvalue weighted by Gasteiger charge is 2.59. The third-order valence-corrected chi connectivity index (χ3v) is 6.32. The van der Waals surface area contributed by atoms with E-state index in [1.54, 1.807) is 10.8 Å². The van der Waals surface area contributed by atoms with Crippen molar-refractivity contribution < 1.29 is 0 Å². The van der Waals surface area contributed by atoms with Gasteiger partial charge in [-0.1, -0.05) is 0 Å². The van der Waals surface area contributed by atoms with Gasteiger partial charge in [-0.25, -0.2) is 9.78 Å². The zero-order chi connectivity index (χ0) is 15.8. The Morgan fingerprint density at radius 2 is 2.09 bits per heavy atom. The minimum atomic E-state index is -0.299. The molecule has 2 aromatic rings. The molecule has 4 aliphatic rings. The third kappa shape index (κ3) is 1.71. The molecule has 0 saturated heterocycles. The molecule has 6 rings (SSSR count). The van der Waals surface area contributed by atoms with Crippen molar-refractivity contribution in [2.24, 2.45) is 17.3 Å². The van der Waals surface area contributed by atoms with Gasteiger partial charge in [0.25, 0.3) is 0 Å². The molecule has 0 aliphatic heterocycles. The van der Waals surface area contributed by atoms with Gasteiger partial charge >= 0.3 is 5.69 Å². The maximum atomic E-state index is 12.7. The van der Waals surface area contributed by atoms with E-state index in [4.69, 9.17) is 11.6 Å². The first-order chi connectivity index (χ1) is 11.0. The maximum Gasteiger partial charge on any atom is 0.328 e. The molecular weight excluding hydrogens is 314 g/mol. The Hall–Kier alpha value is -1.87. The number of aromatic amines is 1. The van der Waals surface area contributed by atoms with Crippen molar-refractivity contribution in [2.45, 2.75) is 44.1 Å². The van der Waals surface area contributed by atoms with E-state index in [2.05, 4.69) is 21.0 Å². The fourth-order valence-corrected chi connectivity index (χ4v) is 6.05. The Balaban J connectivity index is 1.76. The number of aromatic nitrogens is 4. The second kappa shape index (κ2) is 4.15. The van der Waals surface area contributed by atoms with Gasteiger partial charge in [-0.3, -0.25) is 4.57 Å². The molecule has 4 aliphatic carbocycles. The number of hydrogen-bond donors (Lipinski definition) is 1. The molecule has 23 heavy (non-hydrogen) atoms. The number of rotatable bonds is 1. The summed E-state index contributed by atoms with van der Waals surface area (Å²) >= 11 is 5.96. The first-order valence-corrected chi connectivity index (χ1v) is 8.45. The van der Waals surface area contributed by atoms with Crippen LogP contribution in [-0.4, -0.2) is 19.5 Å². The number of imidazole rings is 1. The van der Waals surface area contributed by atoms with Crippen LogP contribution in [0.25, 0.3) is 11.2 Å². The first-order valence-electron chi connectivity index (χ1n) is 8.08. The minimum absolute atomic E-state index is 0.143. The lowest BCUT2D eigenvalue weighted by Gasteiger charge is -2.59. The van der Waals surface area contributed by atoms with Crippen LogP contribution in [0.1, 0.15) is 38.5 Å². The van der Waals surface area contributed by atoms with Gasteiger partial charge in [-0.15, -0.1) is 0 Å². The van der Waals surface area contributed by atoms with E-state index < -0.39 is 0 Å². The van der Waals surface area contributed by atoms with Gasteiger partial charge in [0.1, 0.15) is 5.52 Å². The third-order valence-electron chi connectivity index (χ3n) is 6.14. The molecule has 0 radical (unpaired) electrons. The molecule has 0 amide bonds. The van der Waals surface area contributed by atoms with Gasteiger partial charge in [0.15, 0.2) is 5.65 Å². The number of halogens is 1. The maximum absolute atomic E-state index is 12.7. The summed E-state index contributed by atoms with van der Waals surface area (Å²) in [6.45, 7) is 0. The Morgan fingerprint density at radius 1 is 1.35 bits per heavy atom. The number of nitrogens with zero attached hydrogens (tertiary/aromatic N) is 4. The second-order valence-electron chi connectivity index (χ2n) is 7.72. The second-order valence-corrected chi connectivity index (χ2v) is 8.06. The van der Waals surface area contributed by atoms with Gasteiger partial charge in [0.05, 0.1) is 23.2 Å². The van der Waals surface area contributed by atoms with Crippen LogP contribution in [0.15, 0.2) is 11.0 Å². The number of nitriles is 1. The number of nitrogens with one attached hydrogen (secondary N) is 1. The molecule has 118 valence electrons. The quantitative estimate of drug-likeness (QED) is 0.814. The Labute approximate surface area is 137 Å². The summed E-state index contributed by atoms with van der Waals surface area (Å²) < 4.78 is 1.79. The normalized spacial score (nSPS) is 38.1. The first kappa shape index (κ1) is 13.6. The zero-order valence-electron chi connectivity index (χ0n) is 12.5. The van der Waals surface area contributed by atoms with Crippen molar-refractivity contribution in [3.05, 3.63) is 22.0 Å². The minimum Gasteiger partial charge on any atom is -0.303 e. The zero-order valence-corrected chi connectivity index (χ0v) is 13.3. The molecule has 0 spiro atoms. The molecule has 4 bridgehead atoms. The summed E-state index contributed by atoms with van der Waals surface area (Å²) in [6, 6.07) is 2.59. The predicted molar refractivity (Wildman–Crippen MR) is 83.9 cm³/mol. The van der Waals surface area contributed by atoms with Crippen LogP contribution in [0.4, 0.5) is 0 Å². The van der Waals surface area contributed by atoms with Crippen LogP contribution < -0.4 is 5.69 Å². The molecular formula is C16H16ClN5O. The van der Waals surface area contributed by atoms with E-state index in [1.165, 1.54) is 6.42 Å². The summed E-state index contributed by atoms with van der Waals surface area (Å²) in [5.41, 5.74) is 0.453. The monoisotopic (exact) mass is 329 g/mol. The van der Waals surface area contributed by atoms with Crippen LogP contribution >= 0.6 is 11.6 Å². The van der Waals surface area contributed by atoms with E-state index in [9.17, 15) is 10.1 Å². The summed E-state index contributed by atoms with van der Waals surface area (Å²) in [4.78, 5) is 23.8. The summed E-state index contributed by atoms with van der Waals surface area (Å²) in [6.07, 6.45) is 7.38. The standard InChI is InChI=1S/C16H16ClN5O/c17-13-19-6-11-12(21-13)22(14(23)20-11)16-4-9-1-10(5-16)3-15(2-9,7-16)8-18/h6,9-10H,1-5,7H2,(H,20,23). The van der Waals surface area contributed by atoms with E-state index in [-0.39, 0.29) is 21.9 Å². The molecule has 0 aromatic carbocycles. The number of fused-ring (bicyclic) bond motifs is 1. The summed E-state index contributed by atoms with van der Waals surface area (Å²) in [7, 11) is 0. The summed E-state index contributed by atoms with van der Waals surface area (Å²) in [5, 5.41) is 9.92. The molecule has 6 nitrogen and oxygen atoms in total. The highest BCUT2D eigenvalue weighted by molar-refractivity contribution is 6.28. The SMILES string of the molecule is N#CC12CC3CC(C1)CC(n1c(=O)[nH]c4cnc(Cl)nc41)(C3)C2. The Kier molecular flexibility index (Phi) is 2.45. The number of hydrogen-bond acceptors (Lipinski definition) is 4. The fourth-order valence-electron chi connectivity index (χ4n) is 5.92. The van der Waals surface area contributed by atoms with Crippen molar-refractivity contribution in [1.29, 1.82) is 5.26 Å². The van der Waals surface area contributed by atoms with E-state index in [0.717, 1.165) is 32.1 Å². The largest absolute Gasteiger partial charge is 0.328 e. The molecule has 2 aromatic heterocycles. The lowest BCUT2D eigenvalue weighted by Crippen LogP contribution is -2.58. The fraction of sp³-hybridized carbons (Fsp3) is 0.625. The molecule has 2 heterocycles. The van der Waals surface area contributed by atoms with Gasteiger partial charge in [-0.05, 0) is 62.0 Å². The van der Waals surface area contributed by atoms with Crippen molar-refractivity contribution in [1.82, 2.24) is 19.5 Å². The molecule has 1 N–H and O–H groups in total. The van der Waals surface area contributed by atoms with E-state index in [1.807, 2.05) is 0 Å². The van der Waals surface area contributed by atoms with Gasteiger partial charge in [0.2, 0.25) is 5.28 Å².